The van der Waals surface area contributed by atoms with Crippen LogP contribution in [0.4, 0.5) is 4.79 Å². The highest BCUT2D eigenvalue weighted by Gasteiger charge is 2.28. The Morgan fingerprint density at radius 2 is 1.96 bits per heavy atom. The zero-order valence-corrected chi connectivity index (χ0v) is 15.2. The van der Waals surface area contributed by atoms with Crippen LogP contribution in [0, 0.1) is 0 Å². The van der Waals surface area contributed by atoms with Crippen molar-refractivity contribution in [3.63, 3.8) is 0 Å². The van der Waals surface area contributed by atoms with Crippen LogP contribution in [0.1, 0.15) is 45.3 Å². The molecule has 0 unspecified atom stereocenters. The molecule has 0 radical (unpaired) electrons. The van der Waals surface area contributed by atoms with Gasteiger partial charge in [-0.25, -0.2) is 4.79 Å². The van der Waals surface area contributed by atoms with Crippen LogP contribution >= 0.6 is 0 Å². The van der Waals surface area contributed by atoms with Crippen molar-refractivity contribution in [2.75, 3.05) is 19.3 Å². The van der Waals surface area contributed by atoms with Crippen molar-refractivity contribution in [3.05, 3.63) is 11.9 Å². The lowest BCUT2D eigenvalue weighted by molar-refractivity contribution is 0.0180. The molecule has 1 fully saturated rings. The molecule has 1 aliphatic rings. The Morgan fingerprint density at radius 1 is 1.33 bits per heavy atom. The third-order valence-corrected chi connectivity index (χ3v) is 3.97. The number of hydrogen-bond acceptors (Lipinski definition) is 7. The summed E-state index contributed by atoms with van der Waals surface area (Å²) in [5.41, 5.74) is -0.0542. The van der Waals surface area contributed by atoms with Gasteiger partial charge in [-0.05, 0) is 33.6 Å². The Kier molecular flexibility index (Phi) is 5.49. The number of piperidine rings is 1. The summed E-state index contributed by atoms with van der Waals surface area (Å²) >= 11 is 0. The number of likely N-dealkylation sites (tertiary alicyclic amines) is 1. The second-order valence-corrected chi connectivity index (χ2v) is 8.47. The van der Waals surface area contributed by atoms with Gasteiger partial charge in [0.15, 0.2) is 0 Å². The molecular formula is C14H24N4O5S. The summed E-state index contributed by atoms with van der Waals surface area (Å²) in [5, 5.41) is 8.41. The van der Waals surface area contributed by atoms with E-state index in [1.807, 2.05) is 20.8 Å². The highest BCUT2D eigenvalue weighted by Crippen LogP contribution is 2.22. The molecular weight excluding hydrogens is 336 g/mol. The fourth-order valence-corrected chi connectivity index (χ4v) is 2.66. The van der Waals surface area contributed by atoms with Crippen molar-refractivity contribution >= 4 is 16.2 Å². The first-order valence-corrected chi connectivity index (χ1v) is 9.58. The Hall–Kier alpha value is -1.68. The van der Waals surface area contributed by atoms with Crippen LogP contribution in [-0.4, -0.2) is 59.4 Å². The summed E-state index contributed by atoms with van der Waals surface area (Å²) in [6.45, 7) is 6.52. The van der Waals surface area contributed by atoms with Gasteiger partial charge in [-0.3, -0.25) is 4.18 Å². The number of ether oxygens (including phenoxy) is 1. The molecule has 0 atom stereocenters. The molecule has 1 amide bonds. The van der Waals surface area contributed by atoms with E-state index in [0.29, 0.717) is 31.6 Å². The molecule has 0 bridgehead atoms. The fourth-order valence-electron chi connectivity index (χ4n) is 2.32. The van der Waals surface area contributed by atoms with Gasteiger partial charge in [0.1, 0.15) is 17.9 Å². The van der Waals surface area contributed by atoms with Crippen molar-refractivity contribution in [3.8, 4) is 0 Å². The summed E-state index contributed by atoms with van der Waals surface area (Å²) in [5.74, 6) is 0. The van der Waals surface area contributed by atoms with E-state index in [-0.39, 0.29) is 18.7 Å². The molecule has 10 heteroatoms. The predicted molar refractivity (Wildman–Crippen MR) is 85.7 cm³/mol. The summed E-state index contributed by atoms with van der Waals surface area (Å²) in [4.78, 5) is 15.3. The van der Waals surface area contributed by atoms with Gasteiger partial charge in [0.05, 0.1) is 18.5 Å². The van der Waals surface area contributed by atoms with E-state index in [1.54, 1.807) is 9.70 Å². The van der Waals surface area contributed by atoms with Crippen molar-refractivity contribution in [1.82, 2.24) is 19.9 Å². The summed E-state index contributed by atoms with van der Waals surface area (Å²) in [6, 6.07) is 0.0654. The maximum Gasteiger partial charge on any atom is 0.410 e. The van der Waals surface area contributed by atoms with Gasteiger partial charge in [0.25, 0.3) is 10.1 Å². The lowest BCUT2D eigenvalue weighted by Gasteiger charge is -2.32. The third kappa shape index (κ3) is 5.75. The topological polar surface area (TPSA) is 104 Å². The molecule has 9 nitrogen and oxygen atoms in total. The molecule has 1 aromatic heterocycles. The third-order valence-electron chi connectivity index (χ3n) is 3.42. The SMILES string of the molecule is CC(C)(C)OC(=O)N1CCC(n2ncc(COS(C)(=O)=O)n2)CC1. The Morgan fingerprint density at radius 3 is 2.50 bits per heavy atom. The average Bonchev–Trinajstić information content (AvgIpc) is 2.92. The zero-order chi connectivity index (χ0) is 18.0. The number of carbonyl (C=O) groups excluding carboxylic acids is 1. The minimum atomic E-state index is -3.50. The normalized spacial score (nSPS) is 17.1. The number of rotatable bonds is 4. The van der Waals surface area contributed by atoms with Gasteiger partial charge in [0, 0.05) is 13.1 Å². The van der Waals surface area contributed by atoms with Gasteiger partial charge in [-0.1, -0.05) is 0 Å². The number of hydrogen-bond donors (Lipinski definition) is 0. The van der Waals surface area contributed by atoms with E-state index in [0.717, 1.165) is 6.26 Å². The number of amides is 1. The smallest absolute Gasteiger partial charge is 0.410 e. The van der Waals surface area contributed by atoms with Crippen molar-refractivity contribution in [1.29, 1.82) is 0 Å². The fraction of sp³-hybridized carbons (Fsp3) is 0.786. The highest BCUT2D eigenvalue weighted by atomic mass is 32.2. The molecule has 0 saturated carbocycles. The van der Waals surface area contributed by atoms with E-state index in [9.17, 15) is 13.2 Å². The number of carbonyl (C=O) groups is 1. The molecule has 1 saturated heterocycles. The van der Waals surface area contributed by atoms with E-state index in [1.165, 1.54) is 6.20 Å². The molecule has 2 heterocycles. The quantitative estimate of drug-likeness (QED) is 0.746. The van der Waals surface area contributed by atoms with Crippen molar-refractivity contribution in [2.45, 2.75) is 51.9 Å². The first-order chi connectivity index (χ1) is 11.0. The second-order valence-electron chi connectivity index (χ2n) is 6.82. The number of aromatic nitrogens is 3. The predicted octanol–water partition coefficient (Wildman–Crippen LogP) is 1.33. The van der Waals surface area contributed by atoms with Gasteiger partial charge in [-0.15, -0.1) is 0 Å². The van der Waals surface area contributed by atoms with Crippen LogP contribution in [-0.2, 0) is 25.6 Å². The Labute approximate surface area is 142 Å². The molecule has 1 aromatic rings. The van der Waals surface area contributed by atoms with Gasteiger partial charge >= 0.3 is 6.09 Å². The lowest BCUT2D eigenvalue weighted by atomic mass is 10.1. The van der Waals surface area contributed by atoms with Crippen LogP contribution in [0.3, 0.4) is 0 Å². The van der Waals surface area contributed by atoms with Crippen LogP contribution in [0.2, 0.25) is 0 Å². The maximum atomic E-state index is 12.0. The van der Waals surface area contributed by atoms with Crippen LogP contribution in [0.5, 0.6) is 0 Å². The van der Waals surface area contributed by atoms with Crippen LogP contribution < -0.4 is 0 Å². The minimum absolute atomic E-state index is 0.0654. The molecule has 0 N–H and O–H groups in total. The Balaban J connectivity index is 1.86. The highest BCUT2D eigenvalue weighted by molar-refractivity contribution is 7.85. The van der Waals surface area contributed by atoms with Crippen molar-refractivity contribution in [2.24, 2.45) is 0 Å². The monoisotopic (exact) mass is 360 g/mol. The van der Waals surface area contributed by atoms with Crippen molar-refractivity contribution < 1.29 is 22.1 Å². The molecule has 1 aliphatic heterocycles. The first-order valence-electron chi connectivity index (χ1n) is 7.76. The summed E-state index contributed by atoms with van der Waals surface area (Å²) in [7, 11) is -3.50. The van der Waals surface area contributed by atoms with Gasteiger partial charge < -0.3 is 9.64 Å². The van der Waals surface area contributed by atoms with Crippen LogP contribution in [0.25, 0.3) is 0 Å². The molecule has 0 aromatic carbocycles. The van der Waals surface area contributed by atoms with E-state index in [2.05, 4.69) is 10.2 Å². The zero-order valence-electron chi connectivity index (χ0n) is 14.4. The average molecular weight is 360 g/mol. The molecule has 0 spiro atoms. The standard InChI is InChI=1S/C14H24N4O5S/c1-14(2,3)23-13(19)17-7-5-12(6-8-17)18-15-9-11(16-18)10-22-24(4,20)21/h9,12H,5-8,10H2,1-4H3. The van der Waals surface area contributed by atoms with Gasteiger partial charge in [-0.2, -0.15) is 23.4 Å². The summed E-state index contributed by atoms with van der Waals surface area (Å²) in [6.07, 6.45) is 3.59. The maximum absolute atomic E-state index is 12.0. The lowest BCUT2D eigenvalue weighted by Crippen LogP contribution is -2.42. The number of nitrogens with zero attached hydrogens (tertiary/aromatic N) is 4. The largest absolute Gasteiger partial charge is 0.444 e. The minimum Gasteiger partial charge on any atom is -0.444 e. The van der Waals surface area contributed by atoms with E-state index >= 15 is 0 Å². The molecule has 2 rings (SSSR count). The Bertz CT molecular complexity index is 672. The van der Waals surface area contributed by atoms with Gasteiger partial charge in [0.2, 0.25) is 0 Å². The summed E-state index contributed by atoms with van der Waals surface area (Å²) < 4.78 is 32.0. The molecule has 136 valence electrons. The first kappa shape index (κ1) is 18.7. The second kappa shape index (κ2) is 7.06. The van der Waals surface area contributed by atoms with E-state index in [4.69, 9.17) is 8.92 Å². The van der Waals surface area contributed by atoms with E-state index < -0.39 is 15.7 Å². The molecule has 0 aliphatic carbocycles. The van der Waals surface area contributed by atoms with Crippen LogP contribution in [0.15, 0.2) is 6.20 Å². The molecule has 24 heavy (non-hydrogen) atoms.